The van der Waals surface area contributed by atoms with Gasteiger partial charge in [0.2, 0.25) is 0 Å². The third-order valence-electron chi connectivity index (χ3n) is 1.84. The molecule has 1 aromatic rings. The summed E-state index contributed by atoms with van der Waals surface area (Å²) in [6.07, 6.45) is 0.755. The second kappa shape index (κ2) is 8.20. The van der Waals surface area contributed by atoms with Gasteiger partial charge in [0.05, 0.1) is 0 Å². The molecule has 0 amide bonds. The smallest absolute Gasteiger partial charge is 0.0465 e. The van der Waals surface area contributed by atoms with Crippen LogP contribution in [0.3, 0.4) is 0 Å². The molecule has 0 aromatic heterocycles. The quantitative estimate of drug-likeness (QED) is 0.705. The monoisotopic (exact) mass is 268 g/mol. The van der Waals surface area contributed by atoms with Crippen LogP contribution < -0.4 is 17.7 Å². The van der Waals surface area contributed by atoms with Gasteiger partial charge in [-0.1, -0.05) is 29.3 Å². The Morgan fingerprint density at radius 3 is 2.60 bits per heavy atom. The molecule has 0 saturated carbocycles. The second-order valence-corrected chi connectivity index (χ2v) is 3.83. The van der Waals surface area contributed by atoms with Gasteiger partial charge in [0.15, 0.2) is 0 Å². The number of hydrogen-bond donors (Lipinski definition) is 2. The minimum absolute atomic E-state index is 0. The molecule has 0 heterocycles. The maximum atomic E-state index is 8.57. The lowest BCUT2D eigenvalue weighted by molar-refractivity contribution is -0.00000388. The average Bonchev–Trinajstić information content (AvgIpc) is 2.15. The summed E-state index contributed by atoms with van der Waals surface area (Å²) in [6, 6.07) is 5.44. The molecule has 86 valence electrons. The molecule has 0 spiro atoms. The summed E-state index contributed by atoms with van der Waals surface area (Å²) in [7, 11) is 0. The summed E-state index contributed by atoms with van der Waals surface area (Å²) in [4.78, 5) is 0. The Labute approximate surface area is 106 Å². The maximum Gasteiger partial charge on any atom is 0.0465 e. The van der Waals surface area contributed by atoms with E-state index in [0.717, 1.165) is 18.5 Å². The van der Waals surface area contributed by atoms with E-state index >= 15 is 0 Å². The fourth-order valence-corrected chi connectivity index (χ4v) is 1.57. The van der Waals surface area contributed by atoms with Gasteiger partial charge in [-0.2, -0.15) is 0 Å². The van der Waals surface area contributed by atoms with Crippen molar-refractivity contribution in [3.8, 4) is 0 Å². The lowest BCUT2D eigenvalue weighted by Crippen LogP contribution is -3.00. The van der Waals surface area contributed by atoms with Crippen molar-refractivity contribution in [2.75, 3.05) is 13.2 Å². The predicted octanol–water partition coefficient (Wildman–Crippen LogP) is -0.531. The molecule has 0 radical (unpaired) electrons. The Bertz CT molecular complexity index is 294. The first-order valence-electron chi connectivity index (χ1n) is 4.49. The van der Waals surface area contributed by atoms with E-state index in [1.165, 1.54) is 0 Å². The summed E-state index contributed by atoms with van der Waals surface area (Å²) >= 11 is 11.7. The highest BCUT2D eigenvalue weighted by Crippen LogP contribution is 2.20. The van der Waals surface area contributed by atoms with Gasteiger partial charge < -0.3 is 22.8 Å². The molecular formula is C10H13Cl3NO-. The molecule has 5 heteroatoms. The van der Waals surface area contributed by atoms with Crippen LogP contribution in [0.1, 0.15) is 12.0 Å². The Kier molecular flexibility index (Phi) is 8.20. The van der Waals surface area contributed by atoms with Crippen molar-refractivity contribution in [2.24, 2.45) is 0 Å². The van der Waals surface area contributed by atoms with E-state index in [0.29, 0.717) is 16.6 Å². The molecule has 0 aliphatic carbocycles. The highest BCUT2D eigenvalue weighted by molar-refractivity contribution is 6.35. The minimum Gasteiger partial charge on any atom is -1.00 e. The molecule has 0 bridgehead atoms. The fraction of sp³-hybridized carbons (Fsp3) is 0.400. The molecule has 0 saturated heterocycles. The minimum atomic E-state index is 0. The highest BCUT2D eigenvalue weighted by atomic mass is 35.5. The molecule has 0 atom stereocenters. The van der Waals surface area contributed by atoms with Crippen molar-refractivity contribution in [3.05, 3.63) is 33.8 Å². The Balaban J connectivity index is 0.00000196. The number of hydrogen-bond acceptors (Lipinski definition) is 2. The molecule has 2 N–H and O–H groups in total. The summed E-state index contributed by atoms with van der Waals surface area (Å²) in [5.74, 6) is 0. The van der Waals surface area contributed by atoms with E-state index in [-0.39, 0.29) is 19.0 Å². The van der Waals surface area contributed by atoms with E-state index in [1.54, 1.807) is 6.07 Å². The number of halogens is 3. The fourth-order valence-electron chi connectivity index (χ4n) is 1.09. The lowest BCUT2D eigenvalue weighted by atomic mass is 10.2. The summed E-state index contributed by atoms with van der Waals surface area (Å²) in [6.45, 7) is 1.70. The highest BCUT2D eigenvalue weighted by Gasteiger charge is 1.99. The molecule has 1 aromatic carbocycles. The third-order valence-corrected chi connectivity index (χ3v) is 2.43. The van der Waals surface area contributed by atoms with Crippen molar-refractivity contribution >= 4 is 23.2 Å². The second-order valence-electron chi connectivity index (χ2n) is 2.99. The van der Waals surface area contributed by atoms with Crippen LogP contribution in [-0.4, -0.2) is 18.3 Å². The van der Waals surface area contributed by atoms with E-state index in [2.05, 4.69) is 5.32 Å². The molecule has 0 fully saturated rings. The summed E-state index contributed by atoms with van der Waals surface area (Å²) in [5, 5.41) is 13.1. The van der Waals surface area contributed by atoms with Gasteiger partial charge in [-0.05, 0) is 30.7 Å². The van der Waals surface area contributed by atoms with Crippen molar-refractivity contribution in [1.82, 2.24) is 5.32 Å². The van der Waals surface area contributed by atoms with Crippen molar-refractivity contribution < 1.29 is 17.5 Å². The van der Waals surface area contributed by atoms with Gasteiger partial charge in [-0.3, -0.25) is 0 Å². The van der Waals surface area contributed by atoms with Crippen LogP contribution in [0.15, 0.2) is 18.2 Å². The van der Waals surface area contributed by atoms with Crippen LogP contribution in [0.4, 0.5) is 0 Å². The van der Waals surface area contributed by atoms with Gasteiger partial charge >= 0.3 is 0 Å². The van der Waals surface area contributed by atoms with Crippen LogP contribution in [0.25, 0.3) is 0 Å². The number of aliphatic hydroxyl groups excluding tert-OH is 1. The van der Waals surface area contributed by atoms with Crippen molar-refractivity contribution in [1.29, 1.82) is 0 Å². The third kappa shape index (κ3) is 5.59. The zero-order chi connectivity index (χ0) is 10.4. The average molecular weight is 270 g/mol. The van der Waals surface area contributed by atoms with E-state index in [4.69, 9.17) is 28.3 Å². The molecule has 0 aliphatic rings. The Morgan fingerprint density at radius 1 is 1.27 bits per heavy atom. The first-order chi connectivity index (χ1) is 6.74. The van der Waals surface area contributed by atoms with Crippen LogP contribution in [0.2, 0.25) is 10.0 Å². The van der Waals surface area contributed by atoms with Gasteiger partial charge in [0, 0.05) is 23.2 Å². The molecule has 0 unspecified atom stereocenters. The zero-order valence-electron chi connectivity index (χ0n) is 8.14. The van der Waals surface area contributed by atoms with Gasteiger partial charge in [-0.25, -0.2) is 0 Å². The maximum absolute atomic E-state index is 8.57. The molecule has 15 heavy (non-hydrogen) atoms. The van der Waals surface area contributed by atoms with E-state index in [9.17, 15) is 0 Å². The molecule has 1 rings (SSSR count). The normalized spacial score (nSPS) is 9.80. The Morgan fingerprint density at radius 2 is 2.00 bits per heavy atom. The van der Waals surface area contributed by atoms with Gasteiger partial charge in [0.25, 0.3) is 0 Å². The number of nitrogens with one attached hydrogen (secondary N) is 1. The van der Waals surface area contributed by atoms with Crippen molar-refractivity contribution in [2.45, 2.75) is 13.0 Å². The first kappa shape index (κ1) is 15.0. The van der Waals surface area contributed by atoms with Crippen molar-refractivity contribution in [3.63, 3.8) is 0 Å². The first-order valence-corrected chi connectivity index (χ1v) is 5.25. The lowest BCUT2D eigenvalue weighted by Gasteiger charge is -2.06. The topological polar surface area (TPSA) is 32.3 Å². The largest absolute Gasteiger partial charge is 1.00 e. The molecule has 2 nitrogen and oxygen atoms in total. The zero-order valence-corrected chi connectivity index (χ0v) is 10.4. The van der Waals surface area contributed by atoms with Crippen LogP contribution in [0, 0.1) is 0 Å². The number of aliphatic hydroxyl groups is 1. The standard InChI is InChI=1S/C10H13Cl2NO.ClH/c11-9-3-2-8(10(12)6-9)7-13-4-1-5-14;/h2-3,6,13-14H,1,4-5,7H2;1H/p-1. The predicted molar refractivity (Wildman–Crippen MR) is 59.9 cm³/mol. The molecule has 0 aliphatic heterocycles. The number of rotatable bonds is 5. The summed E-state index contributed by atoms with van der Waals surface area (Å²) < 4.78 is 0. The van der Waals surface area contributed by atoms with Crippen LogP contribution >= 0.6 is 23.2 Å². The van der Waals surface area contributed by atoms with E-state index in [1.807, 2.05) is 12.1 Å². The summed E-state index contributed by atoms with van der Waals surface area (Å²) in [5.41, 5.74) is 1.02. The molecular weight excluding hydrogens is 256 g/mol. The van der Waals surface area contributed by atoms with Crippen LogP contribution in [-0.2, 0) is 6.54 Å². The Hall–Kier alpha value is 0.01000. The SMILES string of the molecule is OCCCNCc1ccc(Cl)cc1Cl.[Cl-]. The van der Waals surface area contributed by atoms with Gasteiger partial charge in [0.1, 0.15) is 0 Å². The van der Waals surface area contributed by atoms with Gasteiger partial charge in [-0.15, -0.1) is 0 Å². The van der Waals surface area contributed by atoms with E-state index < -0.39 is 0 Å². The number of benzene rings is 1. The van der Waals surface area contributed by atoms with Crippen LogP contribution in [0.5, 0.6) is 0 Å².